The molecule has 0 radical (unpaired) electrons. The Labute approximate surface area is 116 Å². The largest absolute Gasteiger partial charge is 0.497 e. The molecule has 0 spiro atoms. The van der Waals surface area contributed by atoms with E-state index in [4.69, 9.17) is 4.74 Å². The molecule has 2 heteroatoms. The highest BCUT2D eigenvalue weighted by Gasteiger charge is 2.32. The van der Waals surface area contributed by atoms with E-state index in [1.165, 1.54) is 16.8 Å². The Morgan fingerprint density at radius 3 is 2.89 bits per heavy atom. The molecule has 19 heavy (non-hydrogen) atoms. The lowest BCUT2D eigenvalue weighted by Gasteiger charge is -2.36. The summed E-state index contributed by atoms with van der Waals surface area (Å²) in [6.45, 7) is 9.35. The molecule has 1 N–H and O–H groups in total. The lowest BCUT2D eigenvalue weighted by molar-refractivity contribution is 0.408. The van der Waals surface area contributed by atoms with Crippen LogP contribution in [0.15, 0.2) is 48.2 Å². The zero-order valence-electron chi connectivity index (χ0n) is 12.1. The molecule has 1 heterocycles. The summed E-state index contributed by atoms with van der Waals surface area (Å²) in [5.41, 5.74) is 3.83. The predicted octanol–water partition coefficient (Wildman–Crippen LogP) is 3.80. The van der Waals surface area contributed by atoms with Crippen molar-refractivity contribution in [3.63, 3.8) is 0 Å². The minimum atomic E-state index is 0.0513. The van der Waals surface area contributed by atoms with Gasteiger partial charge in [-0.05, 0) is 44.4 Å². The normalized spacial score (nSPS) is 22.4. The summed E-state index contributed by atoms with van der Waals surface area (Å²) < 4.78 is 5.36. The van der Waals surface area contributed by atoms with Gasteiger partial charge in [0.15, 0.2) is 0 Å². The lowest BCUT2D eigenvalue weighted by atomic mass is 9.71. The van der Waals surface area contributed by atoms with Crippen LogP contribution in [-0.4, -0.2) is 13.7 Å². The number of rotatable bonds is 4. The maximum absolute atomic E-state index is 5.36. The molecular weight excluding hydrogens is 234 g/mol. The van der Waals surface area contributed by atoms with Gasteiger partial charge in [-0.3, -0.25) is 0 Å². The van der Waals surface area contributed by atoms with E-state index in [0.29, 0.717) is 0 Å². The van der Waals surface area contributed by atoms with Gasteiger partial charge in [-0.25, -0.2) is 0 Å². The standard InChI is InChI=1S/C17H23NO/c1-13(2)11-17(8-9-18-14(3)12-17)15-6-5-7-16(10-15)19-4/h5-7,10,12,18H,1,8-9,11H2,2-4H3. The highest BCUT2D eigenvalue weighted by atomic mass is 16.5. The van der Waals surface area contributed by atoms with Gasteiger partial charge in [-0.2, -0.15) is 0 Å². The molecule has 1 unspecified atom stereocenters. The van der Waals surface area contributed by atoms with E-state index in [9.17, 15) is 0 Å². The predicted molar refractivity (Wildman–Crippen MR) is 80.5 cm³/mol. The van der Waals surface area contributed by atoms with Gasteiger partial charge in [-0.1, -0.05) is 23.8 Å². The van der Waals surface area contributed by atoms with Crippen molar-refractivity contribution >= 4 is 0 Å². The minimum absolute atomic E-state index is 0.0513. The van der Waals surface area contributed by atoms with Crippen molar-refractivity contribution in [3.8, 4) is 5.75 Å². The fraction of sp³-hybridized carbons (Fsp3) is 0.412. The fourth-order valence-electron chi connectivity index (χ4n) is 2.96. The molecular formula is C17H23NO. The minimum Gasteiger partial charge on any atom is -0.497 e. The Balaban J connectivity index is 2.47. The van der Waals surface area contributed by atoms with Gasteiger partial charge in [0.2, 0.25) is 0 Å². The summed E-state index contributed by atoms with van der Waals surface area (Å²) in [4.78, 5) is 0. The third kappa shape index (κ3) is 3.01. The number of hydrogen-bond donors (Lipinski definition) is 1. The fourth-order valence-corrected chi connectivity index (χ4v) is 2.96. The van der Waals surface area contributed by atoms with Crippen LogP contribution in [0.5, 0.6) is 5.75 Å². The van der Waals surface area contributed by atoms with Gasteiger partial charge in [0, 0.05) is 17.7 Å². The van der Waals surface area contributed by atoms with Crippen LogP contribution in [0.4, 0.5) is 0 Å². The first-order valence-corrected chi connectivity index (χ1v) is 6.78. The average Bonchev–Trinajstić information content (AvgIpc) is 2.38. The summed E-state index contributed by atoms with van der Waals surface area (Å²) in [5, 5.41) is 3.41. The maximum atomic E-state index is 5.36. The summed E-state index contributed by atoms with van der Waals surface area (Å²) in [6, 6.07) is 8.41. The second kappa shape index (κ2) is 5.52. The number of hydrogen-bond acceptors (Lipinski definition) is 2. The lowest BCUT2D eigenvalue weighted by Crippen LogP contribution is -2.35. The van der Waals surface area contributed by atoms with Crippen LogP contribution in [0.2, 0.25) is 0 Å². The van der Waals surface area contributed by atoms with Crippen molar-refractivity contribution in [1.29, 1.82) is 0 Å². The quantitative estimate of drug-likeness (QED) is 0.828. The molecule has 0 bridgehead atoms. The first-order chi connectivity index (χ1) is 9.05. The van der Waals surface area contributed by atoms with Crippen LogP contribution in [0.25, 0.3) is 0 Å². The summed E-state index contributed by atoms with van der Waals surface area (Å²) in [7, 11) is 1.72. The van der Waals surface area contributed by atoms with Crippen LogP contribution in [0.3, 0.4) is 0 Å². The third-order valence-corrected chi connectivity index (χ3v) is 3.73. The molecule has 2 rings (SSSR count). The van der Waals surface area contributed by atoms with Gasteiger partial charge in [0.25, 0.3) is 0 Å². The van der Waals surface area contributed by atoms with Crippen molar-refractivity contribution in [1.82, 2.24) is 5.32 Å². The van der Waals surface area contributed by atoms with Gasteiger partial charge in [-0.15, -0.1) is 6.58 Å². The molecule has 0 aromatic heterocycles. The summed E-state index contributed by atoms with van der Waals surface area (Å²) in [5.74, 6) is 0.920. The molecule has 0 saturated carbocycles. The smallest absolute Gasteiger partial charge is 0.119 e. The highest BCUT2D eigenvalue weighted by Crippen LogP contribution is 2.39. The molecule has 102 valence electrons. The van der Waals surface area contributed by atoms with Crippen LogP contribution in [-0.2, 0) is 5.41 Å². The van der Waals surface area contributed by atoms with E-state index in [1.54, 1.807) is 7.11 Å². The Bertz CT molecular complexity index is 504. The number of methoxy groups -OCH3 is 1. The number of nitrogens with one attached hydrogen (secondary N) is 1. The zero-order valence-corrected chi connectivity index (χ0v) is 12.1. The Morgan fingerprint density at radius 1 is 1.47 bits per heavy atom. The Hall–Kier alpha value is -1.70. The second-order valence-electron chi connectivity index (χ2n) is 5.53. The van der Waals surface area contributed by atoms with E-state index in [1.807, 2.05) is 6.07 Å². The molecule has 1 aromatic carbocycles. The molecule has 2 nitrogen and oxygen atoms in total. The highest BCUT2D eigenvalue weighted by molar-refractivity contribution is 5.40. The van der Waals surface area contributed by atoms with Crippen molar-refractivity contribution in [2.45, 2.75) is 32.1 Å². The van der Waals surface area contributed by atoms with E-state index in [0.717, 1.165) is 25.1 Å². The van der Waals surface area contributed by atoms with Crippen molar-refractivity contribution in [2.75, 3.05) is 13.7 Å². The van der Waals surface area contributed by atoms with Crippen molar-refractivity contribution < 1.29 is 4.74 Å². The van der Waals surface area contributed by atoms with Gasteiger partial charge in [0.05, 0.1) is 7.11 Å². The second-order valence-corrected chi connectivity index (χ2v) is 5.53. The van der Waals surface area contributed by atoms with E-state index >= 15 is 0 Å². The molecule has 1 aliphatic rings. The Kier molecular flexibility index (Phi) is 3.98. The topological polar surface area (TPSA) is 21.3 Å². The zero-order chi connectivity index (χ0) is 13.9. The molecule has 0 saturated heterocycles. The van der Waals surface area contributed by atoms with E-state index < -0.39 is 0 Å². The molecule has 1 aromatic rings. The third-order valence-electron chi connectivity index (χ3n) is 3.73. The van der Waals surface area contributed by atoms with E-state index in [-0.39, 0.29) is 5.41 Å². The Morgan fingerprint density at radius 2 is 2.26 bits per heavy atom. The number of benzene rings is 1. The molecule has 1 aliphatic heterocycles. The van der Waals surface area contributed by atoms with Gasteiger partial charge < -0.3 is 10.1 Å². The first-order valence-electron chi connectivity index (χ1n) is 6.78. The average molecular weight is 257 g/mol. The summed E-state index contributed by atoms with van der Waals surface area (Å²) in [6.07, 6.45) is 4.42. The molecule has 0 fully saturated rings. The monoisotopic (exact) mass is 257 g/mol. The molecule has 0 aliphatic carbocycles. The van der Waals surface area contributed by atoms with Crippen LogP contribution in [0, 0.1) is 0 Å². The van der Waals surface area contributed by atoms with Crippen LogP contribution < -0.4 is 10.1 Å². The van der Waals surface area contributed by atoms with Crippen LogP contribution in [0.1, 0.15) is 32.3 Å². The van der Waals surface area contributed by atoms with E-state index in [2.05, 4.69) is 50.0 Å². The van der Waals surface area contributed by atoms with Crippen molar-refractivity contribution in [3.05, 3.63) is 53.8 Å². The van der Waals surface area contributed by atoms with Gasteiger partial charge in [0.1, 0.15) is 5.75 Å². The van der Waals surface area contributed by atoms with Crippen LogP contribution >= 0.6 is 0 Å². The van der Waals surface area contributed by atoms with Gasteiger partial charge >= 0.3 is 0 Å². The molecule has 1 atom stereocenters. The summed E-state index contributed by atoms with van der Waals surface area (Å²) >= 11 is 0. The maximum Gasteiger partial charge on any atom is 0.119 e. The number of allylic oxidation sites excluding steroid dienone is 3. The SMILES string of the molecule is C=C(C)CC1(c2cccc(OC)c2)C=C(C)NCC1. The van der Waals surface area contributed by atoms with Crippen molar-refractivity contribution in [2.24, 2.45) is 0 Å². The first kappa shape index (κ1) is 13.7. The number of ether oxygens (including phenoxy) is 1. The molecule has 0 amide bonds.